The zero-order chi connectivity index (χ0) is 22.3. The fourth-order valence-electron chi connectivity index (χ4n) is 3.22. The molecule has 2 N–H and O–H groups in total. The van der Waals surface area contributed by atoms with E-state index in [1.165, 1.54) is 11.6 Å². The lowest BCUT2D eigenvalue weighted by Crippen LogP contribution is -2.46. The number of aromatic amines is 2. The van der Waals surface area contributed by atoms with Gasteiger partial charge >= 0.3 is 0 Å². The highest BCUT2D eigenvalue weighted by atomic mass is 16.5. The molecule has 0 aliphatic rings. The highest BCUT2D eigenvalue weighted by Gasteiger charge is 2.06. The summed E-state index contributed by atoms with van der Waals surface area (Å²) in [5, 5.41) is 0.335. The van der Waals surface area contributed by atoms with Crippen molar-refractivity contribution in [3.05, 3.63) is 127 Å². The van der Waals surface area contributed by atoms with E-state index in [1.807, 2.05) is 48.5 Å². The van der Waals surface area contributed by atoms with Crippen molar-refractivity contribution in [2.45, 2.75) is 12.8 Å². The number of rotatable bonds is 6. The van der Waals surface area contributed by atoms with Crippen molar-refractivity contribution >= 4 is 12.2 Å². The van der Waals surface area contributed by atoms with Crippen LogP contribution in [0.5, 0.6) is 5.75 Å². The summed E-state index contributed by atoms with van der Waals surface area (Å²) in [5.74, 6) is 0.887. The van der Waals surface area contributed by atoms with Gasteiger partial charge in [0.15, 0.2) is 0 Å². The molecule has 4 rings (SSSR count). The van der Waals surface area contributed by atoms with Crippen molar-refractivity contribution in [1.82, 2.24) is 15.0 Å². The summed E-state index contributed by atoms with van der Waals surface area (Å²) in [5.41, 5.74) is 1.79. The van der Waals surface area contributed by atoms with Gasteiger partial charge in [0.2, 0.25) is 0 Å². The molecule has 0 bridgehead atoms. The highest BCUT2D eigenvalue weighted by Crippen LogP contribution is 2.17. The van der Waals surface area contributed by atoms with Crippen LogP contribution in [0, 0.1) is 0 Å². The molecule has 0 aliphatic heterocycles. The largest absolute Gasteiger partial charge is 0.491 e. The molecular formula is C26H23N3O3. The van der Waals surface area contributed by atoms with Gasteiger partial charge in [0.05, 0.1) is 18.5 Å². The van der Waals surface area contributed by atoms with E-state index in [2.05, 4.69) is 34.0 Å². The molecule has 0 unspecified atom stereocenters. The van der Waals surface area contributed by atoms with Crippen LogP contribution >= 0.6 is 0 Å². The topological polar surface area (TPSA) is 87.8 Å². The first-order chi connectivity index (χ1) is 15.6. The molecule has 0 saturated heterocycles. The molecule has 2 aromatic heterocycles. The van der Waals surface area contributed by atoms with E-state index < -0.39 is 5.56 Å². The van der Waals surface area contributed by atoms with Crippen LogP contribution in [-0.4, -0.2) is 21.6 Å². The molecule has 0 radical (unpaired) electrons. The van der Waals surface area contributed by atoms with Gasteiger partial charge in [-0.25, -0.2) is 0 Å². The molecule has 4 aromatic rings. The molecule has 1 atom stereocenters. The Morgan fingerprint density at radius 1 is 0.844 bits per heavy atom. The molecule has 0 fully saturated rings. The molecule has 0 saturated carbocycles. The van der Waals surface area contributed by atoms with Crippen LogP contribution < -0.4 is 26.6 Å². The molecule has 0 aliphatic carbocycles. The van der Waals surface area contributed by atoms with Gasteiger partial charge in [-0.15, -0.1) is 0 Å². The first kappa shape index (κ1) is 21.1. The van der Waals surface area contributed by atoms with E-state index in [9.17, 15) is 9.59 Å². The van der Waals surface area contributed by atoms with Gasteiger partial charge in [0.25, 0.3) is 11.1 Å². The van der Waals surface area contributed by atoms with E-state index in [0.717, 1.165) is 5.56 Å². The Morgan fingerprint density at radius 3 is 2.09 bits per heavy atom. The number of pyridine rings is 1. The van der Waals surface area contributed by atoms with Crippen LogP contribution in [0.1, 0.15) is 29.7 Å². The van der Waals surface area contributed by atoms with Gasteiger partial charge in [-0.1, -0.05) is 67.6 Å². The minimum absolute atomic E-state index is 0.138. The monoisotopic (exact) mass is 425 g/mol. The Kier molecular flexibility index (Phi) is 6.41. The average molecular weight is 425 g/mol. The number of hydrogen-bond donors (Lipinski definition) is 2. The summed E-state index contributed by atoms with van der Waals surface area (Å²) < 4.78 is 5.84. The lowest BCUT2D eigenvalue weighted by Gasteiger charge is -2.13. The van der Waals surface area contributed by atoms with Crippen molar-refractivity contribution in [3.63, 3.8) is 0 Å². The predicted molar refractivity (Wildman–Crippen MR) is 125 cm³/mol. The third-order valence-corrected chi connectivity index (χ3v) is 5.02. The smallest absolute Gasteiger partial charge is 0.272 e. The second kappa shape index (κ2) is 9.75. The molecule has 160 valence electrons. The number of hydrogen-bond acceptors (Lipinski definition) is 4. The highest BCUT2D eigenvalue weighted by molar-refractivity contribution is 5.48. The summed E-state index contributed by atoms with van der Waals surface area (Å²) in [6.45, 7) is 2.63. The first-order valence-corrected chi connectivity index (χ1v) is 10.3. The van der Waals surface area contributed by atoms with E-state index in [-0.39, 0.29) is 22.2 Å². The van der Waals surface area contributed by atoms with E-state index in [4.69, 9.17) is 4.74 Å². The summed E-state index contributed by atoms with van der Waals surface area (Å²) in [4.78, 5) is 34.4. The molecule has 32 heavy (non-hydrogen) atoms. The van der Waals surface area contributed by atoms with Gasteiger partial charge in [-0.2, -0.15) is 0 Å². The maximum absolute atomic E-state index is 12.4. The third kappa shape index (κ3) is 5.29. The number of ether oxygens (including phenoxy) is 1. The fourth-order valence-corrected chi connectivity index (χ4v) is 3.22. The fraction of sp³-hybridized carbons (Fsp3) is 0.115. The summed E-state index contributed by atoms with van der Waals surface area (Å²) in [7, 11) is 0. The van der Waals surface area contributed by atoms with Crippen molar-refractivity contribution in [3.8, 4) is 5.75 Å². The van der Waals surface area contributed by atoms with Gasteiger partial charge in [0.1, 0.15) is 16.4 Å². The van der Waals surface area contributed by atoms with Crippen molar-refractivity contribution in [1.29, 1.82) is 0 Å². The predicted octanol–water partition coefficient (Wildman–Crippen LogP) is 2.30. The van der Waals surface area contributed by atoms with Crippen LogP contribution in [0.3, 0.4) is 0 Å². The first-order valence-electron chi connectivity index (χ1n) is 10.3. The van der Waals surface area contributed by atoms with Crippen LogP contribution in [0.4, 0.5) is 0 Å². The van der Waals surface area contributed by atoms with Crippen LogP contribution in [0.25, 0.3) is 12.2 Å². The number of aromatic nitrogens is 3. The van der Waals surface area contributed by atoms with Gasteiger partial charge < -0.3 is 14.7 Å². The Morgan fingerprint density at radius 2 is 1.47 bits per heavy atom. The summed E-state index contributed by atoms with van der Waals surface area (Å²) >= 11 is 0. The minimum atomic E-state index is -0.398. The second-order valence-corrected chi connectivity index (χ2v) is 7.48. The standard InChI is InChI=1S/C26H23N3O3/c1-18(20-10-6-3-7-11-20)17-32-22-13-12-21(27-16-22)15-24-26(31)28-23(25(30)29-24)14-19-8-4-2-5-9-19/h2-16,18H,17H2,1H3,(H,28,31)(H,29,30)/b23-14-,24-15-/t18-/m0/s1. The third-order valence-electron chi connectivity index (χ3n) is 5.02. The van der Waals surface area contributed by atoms with Gasteiger partial charge in [0, 0.05) is 5.92 Å². The lowest BCUT2D eigenvalue weighted by molar-refractivity contribution is 0.294. The maximum atomic E-state index is 12.4. The van der Waals surface area contributed by atoms with Crippen LogP contribution in [0.2, 0.25) is 0 Å². The SMILES string of the molecule is C[C@@H](COc1ccc(/C=c2\[nH]c(=O)/c(=C/c3ccccc3)[nH]c2=O)nc1)c1ccccc1. The molecular weight excluding hydrogens is 402 g/mol. The second-order valence-electron chi connectivity index (χ2n) is 7.48. The molecule has 6 heteroatoms. The van der Waals surface area contributed by atoms with Crippen molar-refractivity contribution in [2.24, 2.45) is 0 Å². The lowest BCUT2D eigenvalue weighted by atomic mass is 10.0. The zero-order valence-electron chi connectivity index (χ0n) is 17.6. The van der Waals surface area contributed by atoms with Crippen molar-refractivity contribution in [2.75, 3.05) is 6.61 Å². The zero-order valence-corrected chi connectivity index (χ0v) is 17.6. The van der Waals surface area contributed by atoms with E-state index in [0.29, 0.717) is 18.1 Å². The minimum Gasteiger partial charge on any atom is -0.491 e. The normalized spacial score (nSPS) is 13.2. The number of nitrogens with one attached hydrogen (secondary N) is 2. The molecule has 2 aromatic carbocycles. The van der Waals surface area contributed by atoms with Crippen LogP contribution in [-0.2, 0) is 0 Å². The molecule has 0 spiro atoms. The summed E-state index contributed by atoms with van der Waals surface area (Å²) in [6.07, 6.45) is 4.77. The van der Waals surface area contributed by atoms with Crippen LogP contribution in [0.15, 0.2) is 88.6 Å². The Bertz CT molecular complexity index is 1410. The van der Waals surface area contributed by atoms with Gasteiger partial charge in [-0.05, 0) is 35.4 Å². The van der Waals surface area contributed by atoms with Crippen molar-refractivity contribution < 1.29 is 4.74 Å². The molecule has 2 heterocycles. The van der Waals surface area contributed by atoms with E-state index in [1.54, 1.807) is 24.4 Å². The van der Waals surface area contributed by atoms with Gasteiger partial charge in [-0.3, -0.25) is 14.6 Å². The van der Waals surface area contributed by atoms with E-state index >= 15 is 0 Å². The number of nitrogens with zero attached hydrogens (tertiary/aromatic N) is 1. The Labute approximate surface area is 184 Å². The quantitative estimate of drug-likeness (QED) is 0.496. The Hall–Kier alpha value is -4.19. The molecule has 0 amide bonds. The average Bonchev–Trinajstić information content (AvgIpc) is 2.83. The number of benzene rings is 2. The maximum Gasteiger partial charge on any atom is 0.272 e. The Balaban J connectivity index is 1.51. The number of H-pyrrole nitrogens is 2. The molecule has 6 nitrogen and oxygen atoms in total. The summed E-state index contributed by atoms with van der Waals surface area (Å²) in [6, 6.07) is 23.0.